The number of aromatic nitrogens is 2. The number of hydrogen-bond donors (Lipinski definition) is 4. The maximum atomic E-state index is 11.7. The maximum absolute atomic E-state index is 11.7. The summed E-state index contributed by atoms with van der Waals surface area (Å²) in [7, 11) is -4.17. The molecule has 0 spiro atoms. The molecule has 2 heterocycles. The van der Waals surface area contributed by atoms with Gasteiger partial charge < -0.3 is 30.1 Å². The molecule has 1 aliphatic heterocycles. The Morgan fingerprint density at radius 2 is 2.27 bits per heavy atom. The van der Waals surface area contributed by atoms with Gasteiger partial charge in [-0.3, -0.25) is 14.3 Å². The third-order valence-corrected chi connectivity index (χ3v) is 4.70. The number of carbonyl (C=O) groups is 1. The maximum Gasteiger partial charge on any atom is 0.326 e. The minimum atomic E-state index is -4.17. The van der Waals surface area contributed by atoms with Crippen LogP contribution >= 0.6 is 19.2 Å². The second-order valence-electron chi connectivity index (χ2n) is 5.62. The lowest BCUT2D eigenvalue weighted by Gasteiger charge is -2.22. The molecule has 13 heteroatoms. The van der Waals surface area contributed by atoms with Crippen molar-refractivity contribution in [1.29, 1.82) is 0 Å². The molecule has 1 aromatic heterocycles. The Hall–Kier alpha value is -1.65. The number of aliphatic imine (C=N–C) groups is 1. The van der Waals surface area contributed by atoms with Gasteiger partial charge in [0.05, 0.1) is 25.6 Å². The summed E-state index contributed by atoms with van der Waals surface area (Å²) in [5.74, 6) is 0.217. The monoisotopic (exact) mass is 408 g/mol. The number of alkyl halides is 1. The van der Waals surface area contributed by atoms with Gasteiger partial charge in [0.25, 0.3) is 0 Å². The predicted molar refractivity (Wildman–Crippen MR) is 95.2 cm³/mol. The van der Waals surface area contributed by atoms with Crippen molar-refractivity contribution < 1.29 is 23.9 Å². The van der Waals surface area contributed by atoms with Gasteiger partial charge in [-0.2, -0.15) is 4.99 Å². The molecule has 0 saturated heterocycles. The van der Waals surface area contributed by atoms with E-state index in [1.807, 2.05) is 0 Å². The van der Waals surface area contributed by atoms with Crippen molar-refractivity contribution in [3.8, 4) is 0 Å². The lowest BCUT2D eigenvalue weighted by Crippen LogP contribution is -2.36. The Labute approximate surface area is 155 Å². The highest BCUT2D eigenvalue weighted by Gasteiger charge is 2.24. The quantitative estimate of drug-likeness (QED) is 0.187. The molecule has 1 atom stereocenters. The number of nitrogens with one attached hydrogen (secondary N) is 1. The molecule has 11 nitrogen and oxygen atoms in total. The van der Waals surface area contributed by atoms with Crippen molar-refractivity contribution in [1.82, 2.24) is 19.8 Å². The van der Waals surface area contributed by atoms with Crippen LogP contribution < -0.4 is 11.1 Å². The van der Waals surface area contributed by atoms with Crippen LogP contribution in [0.15, 0.2) is 11.3 Å². The number of nitrogens with zero attached hydrogens (tertiary/aromatic N) is 4. The number of rotatable bonds is 9. The van der Waals surface area contributed by atoms with E-state index in [0.717, 1.165) is 0 Å². The molecule has 5 N–H and O–H groups in total. The normalized spacial score (nSPS) is 16.8. The topological polar surface area (TPSA) is 155 Å². The van der Waals surface area contributed by atoms with Gasteiger partial charge in [0.15, 0.2) is 17.3 Å². The molecule has 1 aliphatic rings. The molecule has 146 valence electrons. The number of fused-ring (bicyclic) bond motifs is 1. The third kappa shape index (κ3) is 5.96. The SMILES string of the molecule is CCOC(=O)CN(CCn1cnc2c1N=C(N)NC2Cl)CCP(=O)(O)O. The molecule has 26 heavy (non-hydrogen) atoms. The first kappa shape index (κ1) is 20.7. The minimum absolute atomic E-state index is 0.0467. The van der Waals surface area contributed by atoms with Crippen LogP contribution in [0.5, 0.6) is 0 Å². The zero-order valence-electron chi connectivity index (χ0n) is 14.2. The average Bonchev–Trinajstić information content (AvgIpc) is 2.92. The van der Waals surface area contributed by atoms with Crippen molar-refractivity contribution in [3.63, 3.8) is 0 Å². The van der Waals surface area contributed by atoms with Crippen LogP contribution in [-0.4, -0.2) is 68.6 Å². The summed E-state index contributed by atoms with van der Waals surface area (Å²) >= 11 is 6.12. The fourth-order valence-electron chi connectivity index (χ4n) is 2.38. The van der Waals surface area contributed by atoms with E-state index in [9.17, 15) is 9.36 Å². The van der Waals surface area contributed by atoms with Gasteiger partial charge in [-0.15, -0.1) is 0 Å². The molecule has 0 aromatic carbocycles. The number of ether oxygens (including phenoxy) is 1. The smallest absolute Gasteiger partial charge is 0.326 e. The Balaban J connectivity index is 2.04. The van der Waals surface area contributed by atoms with Crippen molar-refractivity contribution in [2.24, 2.45) is 10.7 Å². The number of hydrogen-bond acceptors (Lipinski definition) is 8. The highest BCUT2D eigenvalue weighted by atomic mass is 35.5. The van der Waals surface area contributed by atoms with Crippen LogP contribution in [0.3, 0.4) is 0 Å². The zero-order chi connectivity index (χ0) is 19.3. The van der Waals surface area contributed by atoms with E-state index < -0.39 is 19.1 Å². The number of carbonyl (C=O) groups excluding carboxylic acids is 1. The molecule has 0 saturated carbocycles. The molecular weight excluding hydrogens is 387 g/mol. The van der Waals surface area contributed by atoms with Gasteiger partial charge in [0, 0.05) is 19.6 Å². The number of nitrogens with two attached hydrogens (primary N) is 1. The molecule has 0 radical (unpaired) electrons. The van der Waals surface area contributed by atoms with E-state index in [-0.39, 0.29) is 31.8 Å². The molecule has 1 unspecified atom stereocenters. The fourth-order valence-corrected chi connectivity index (χ4v) is 3.19. The van der Waals surface area contributed by atoms with Gasteiger partial charge in [0.2, 0.25) is 0 Å². The van der Waals surface area contributed by atoms with Gasteiger partial charge in [-0.25, -0.2) is 4.98 Å². The summed E-state index contributed by atoms with van der Waals surface area (Å²) < 4.78 is 17.7. The summed E-state index contributed by atoms with van der Waals surface area (Å²) in [4.78, 5) is 39.8. The van der Waals surface area contributed by atoms with Crippen LogP contribution in [0.1, 0.15) is 18.1 Å². The summed E-state index contributed by atoms with van der Waals surface area (Å²) in [6, 6.07) is 0. The summed E-state index contributed by atoms with van der Waals surface area (Å²) in [5.41, 5.74) is 5.62. The van der Waals surface area contributed by atoms with Gasteiger partial charge >= 0.3 is 13.6 Å². The predicted octanol–water partition coefficient (Wildman–Crippen LogP) is -0.287. The number of imidazole rings is 1. The number of halogens is 1. The van der Waals surface area contributed by atoms with Crippen LogP contribution in [0.4, 0.5) is 5.82 Å². The highest BCUT2D eigenvalue weighted by molar-refractivity contribution is 7.51. The number of guanidine groups is 1. The Morgan fingerprint density at radius 1 is 1.54 bits per heavy atom. The first-order valence-corrected chi connectivity index (χ1v) is 10.2. The van der Waals surface area contributed by atoms with E-state index in [1.54, 1.807) is 22.7 Å². The van der Waals surface area contributed by atoms with Crippen LogP contribution in [0.2, 0.25) is 0 Å². The Morgan fingerprint density at radius 3 is 2.92 bits per heavy atom. The average molecular weight is 409 g/mol. The molecule has 2 rings (SSSR count). The first-order chi connectivity index (χ1) is 12.2. The van der Waals surface area contributed by atoms with Gasteiger partial charge in [-0.1, -0.05) is 11.6 Å². The fraction of sp³-hybridized carbons (Fsp3) is 0.615. The van der Waals surface area contributed by atoms with E-state index >= 15 is 0 Å². The van der Waals surface area contributed by atoms with Gasteiger partial charge in [0.1, 0.15) is 5.69 Å². The van der Waals surface area contributed by atoms with Crippen molar-refractivity contribution >= 4 is 36.9 Å². The summed E-state index contributed by atoms with van der Waals surface area (Å²) in [6.45, 7) is 2.61. The van der Waals surface area contributed by atoms with Crippen LogP contribution in [-0.2, 0) is 20.6 Å². The van der Waals surface area contributed by atoms with E-state index in [0.29, 0.717) is 24.6 Å². The Bertz CT molecular complexity index is 720. The van der Waals surface area contributed by atoms with E-state index in [1.165, 1.54) is 0 Å². The molecule has 0 bridgehead atoms. The second kappa shape index (κ2) is 8.83. The lowest BCUT2D eigenvalue weighted by molar-refractivity contribution is -0.144. The molecular formula is C13H22ClN6O5P. The van der Waals surface area contributed by atoms with Crippen LogP contribution in [0.25, 0.3) is 0 Å². The van der Waals surface area contributed by atoms with Crippen LogP contribution in [0, 0.1) is 0 Å². The molecule has 0 fully saturated rings. The second-order valence-corrected chi connectivity index (χ2v) is 7.83. The van der Waals surface area contributed by atoms with Crippen molar-refractivity contribution in [2.45, 2.75) is 19.0 Å². The van der Waals surface area contributed by atoms with Gasteiger partial charge in [-0.05, 0) is 6.92 Å². The third-order valence-electron chi connectivity index (χ3n) is 3.60. The van der Waals surface area contributed by atoms with Crippen molar-refractivity contribution in [3.05, 3.63) is 12.0 Å². The first-order valence-electron chi connectivity index (χ1n) is 7.92. The van der Waals surface area contributed by atoms with E-state index in [4.69, 9.17) is 31.9 Å². The summed E-state index contributed by atoms with van der Waals surface area (Å²) in [5, 5.41) is 2.75. The standard InChI is InChI=1S/C13H22ClN6O5P/c1-2-25-9(21)7-19(5-6-26(22,23)24)3-4-20-8-16-10-11(14)17-13(15)18-12(10)20/h8,11H,2-7H2,1H3,(H3,15,17,18)(H2,22,23,24). The summed E-state index contributed by atoms with van der Waals surface area (Å²) in [6.07, 6.45) is 1.20. The largest absolute Gasteiger partial charge is 0.465 e. The minimum Gasteiger partial charge on any atom is -0.465 e. The lowest BCUT2D eigenvalue weighted by atomic mass is 10.3. The highest BCUT2D eigenvalue weighted by Crippen LogP contribution is 2.34. The Kier molecular flexibility index (Phi) is 7.01. The van der Waals surface area contributed by atoms with Crippen molar-refractivity contribution in [2.75, 3.05) is 32.4 Å². The molecule has 1 aromatic rings. The number of esters is 1. The zero-order valence-corrected chi connectivity index (χ0v) is 15.9. The molecule has 0 amide bonds. The molecule has 0 aliphatic carbocycles. The van der Waals surface area contributed by atoms with E-state index in [2.05, 4.69) is 15.3 Å².